The highest BCUT2D eigenvalue weighted by Crippen LogP contribution is 2.28. The van der Waals surface area contributed by atoms with Gasteiger partial charge in [-0.05, 0) is 85.7 Å². The number of hydrogen-bond donors (Lipinski definition) is 3. The number of sulfonamides is 1. The van der Waals surface area contributed by atoms with Crippen LogP contribution in [0.5, 0.6) is 5.75 Å². The van der Waals surface area contributed by atoms with Crippen LogP contribution in [0, 0.1) is 11.7 Å². The minimum absolute atomic E-state index is 0.0870. The van der Waals surface area contributed by atoms with Gasteiger partial charge in [0.1, 0.15) is 24.2 Å². The Hall–Kier alpha value is -3.52. The largest absolute Gasteiger partial charge is 0.492 e. The summed E-state index contributed by atoms with van der Waals surface area (Å²) in [6.45, 7) is 3.18. The fourth-order valence-corrected chi connectivity index (χ4v) is 7.33. The maximum atomic E-state index is 13.2. The highest BCUT2D eigenvalue weighted by atomic mass is 32.2. The first-order valence-electron chi connectivity index (χ1n) is 15.8. The van der Waals surface area contributed by atoms with E-state index in [1.54, 1.807) is 53.4 Å². The predicted molar refractivity (Wildman–Crippen MR) is 171 cm³/mol. The molecule has 0 aromatic heterocycles. The molecule has 47 heavy (non-hydrogen) atoms. The smallest absolute Gasteiger partial charge is 0.405 e. The quantitative estimate of drug-likeness (QED) is 0.235. The Morgan fingerprint density at radius 3 is 2.19 bits per heavy atom. The summed E-state index contributed by atoms with van der Waals surface area (Å²) in [7, 11) is -3.76. The van der Waals surface area contributed by atoms with Crippen molar-refractivity contribution in [2.24, 2.45) is 5.92 Å². The lowest BCUT2D eigenvalue weighted by Gasteiger charge is -2.34. The fourth-order valence-electron chi connectivity index (χ4n) is 6.02. The first-order chi connectivity index (χ1) is 22.4. The summed E-state index contributed by atoms with van der Waals surface area (Å²) in [5, 5.41) is 5.48. The van der Waals surface area contributed by atoms with Crippen LogP contribution in [0.3, 0.4) is 0 Å². The van der Waals surface area contributed by atoms with Crippen molar-refractivity contribution in [3.63, 3.8) is 0 Å². The van der Waals surface area contributed by atoms with E-state index in [1.165, 1.54) is 12.1 Å². The van der Waals surface area contributed by atoms with Gasteiger partial charge in [0.05, 0.1) is 10.9 Å². The van der Waals surface area contributed by atoms with Crippen molar-refractivity contribution in [2.45, 2.75) is 61.8 Å². The SMILES string of the molecule is C[C@@H](NC(=O)[C@H]1CC[C@H](NS(=O)(=O)c2ccc(-c3ccc(OCCN4CCNC(C(F)(F)F)C4)cc3)cc2)CC1)c1ccc(F)cc1. The first-order valence-corrected chi connectivity index (χ1v) is 17.3. The number of ether oxygens (including phenoxy) is 1. The average Bonchev–Trinajstić information content (AvgIpc) is 3.05. The number of benzene rings is 3. The normalized spacial score (nSPS) is 21.6. The van der Waals surface area contributed by atoms with Crippen molar-refractivity contribution >= 4 is 15.9 Å². The van der Waals surface area contributed by atoms with Gasteiger partial charge in [-0.3, -0.25) is 9.69 Å². The number of piperazine rings is 1. The van der Waals surface area contributed by atoms with E-state index in [1.807, 2.05) is 19.1 Å². The first kappa shape index (κ1) is 34.8. The van der Waals surface area contributed by atoms with Crippen molar-refractivity contribution in [3.05, 3.63) is 84.2 Å². The zero-order valence-electron chi connectivity index (χ0n) is 26.1. The number of hydrogen-bond acceptors (Lipinski definition) is 6. The van der Waals surface area contributed by atoms with Crippen LogP contribution in [0.4, 0.5) is 17.6 Å². The van der Waals surface area contributed by atoms with Crippen molar-refractivity contribution in [1.29, 1.82) is 0 Å². The average molecular weight is 677 g/mol. The Bertz CT molecular complexity index is 1580. The standard InChI is InChI=1S/C34H40F4N4O4S/c1-23(24-2-10-28(35)11-3-24)40-33(43)27-4-12-29(13-5-27)41-47(44,45)31-16-8-26(9-17-31)25-6-14-30(15-7-25)46-21-20-42-19-18-39-32(22-42)34(36,37)38/h2-3,6-11,14-17,23,27,29,32,39,41H,4-5,12-13,18-22H2,1H3,(H,40,43)/t23-,27-,29-,32?/m1/s1. The topological polar surface area (TPSA) is 99.8 Å². The van der Waals surface area contributed by atoms with E-state index in [9.17, 15) is 30.8 Å². The third kappa shape index (κ3) is 9.53. The molecule has 0 bridgehead atoms. The predicted octanol–water partition coefficient (Wildman–Crippen LogP) is 5.42. The summed E-state index contributed by atoms with van der Waals surface area (Å²) in [5.74, 6) is -0.0448. The molecule has 0 radical (unpaired) electrons. The zero-order valence-corrected chi connectivity index (χ0v) is 26.9. The Morgan fingerprint density at radius 2 is 1.57 bits per heavy atom. The van der Waals surface area contributed by atoms with E-state index >= 15 is 0 Å². The number of amides is 1. The second-order valence-electron chi connectivity index (χ2n) is 12.2. The van der Waals surface area contributed by atoms with Gasteiger partial charge in [-0.1, -0.05) is 36.4 Å². The highest BCUT2D eigenvalue weighted by Gasteiger charge is 2.41. The summed E-state index contributed by atoms with van der Waals surface area (Å²) in [4.78, 5) is 14.7. The number of nitrogens with one attached hydrogen (secondary N) is 3. The van der Waals surface area contributed by atoms with Gasteiger partial charge >= 0.3 is 6.18 Å². The third-order valence-corrected chi connectivity index (χ3v) is 10.4. The molecule has 2 fully saturated rings. The summed E-state index contributed by atoms with van der Waals surface area (Å²) in [6, 6.07) is 17.8. The second kappa shape index (κ2) is 15.1. The lowest BCUT2D eigenvalue weighted by atomic mass is 9.85. The molecule has 3 N–H and O–H groups in total. The summed E-state index contributed by atoms with van der Waals surface area (Å²) < 4.78 is 87.0. The molecule has 1 heterocycles. The molecule has 1 saturated carbocycles. The zero-order chi connectivity index (χ0) is 33.6. The molecule has 13 heteroatoms. The van der Waals surface area contributed by atoms with E-state index in [-0.39, 0.29) is 54.3 Å². The van der Waals surface area contributed by atoms with Gasteiger partial charge in [0.25, 0.3) is 0 Å². The fraction of sp³-hybridized carbons (Fsp3) is 0.441. The molecule has 1 amide bonds. The van der Waals surface area contributed by atoms with Crippen LogP contribution in [0.25, 0.3) is 11.1 Å². The molecule has 3 aromatic rings. The Morgan fingerprint density at radius 1 is 0.957 bits per heavy atom. The molecule has 1 aliphatic heterocycles. The molecule has 0 spiro atoms. The lowest BCUT2D eigenvalue weighted by molar-refractivity contribution is -0.164. The van der Waals surface area contributed by atoms with Crippen LogP contribution in [-0.4, -0.2) is 70.3 Å². The molecule has 254 valence electrons. The summed E-state index contributed by atoms with van der Waals surface area (Å²) >= 11 is 0. The molecule has 1 unspecified atom stereocenters. The van der Waals surface area contributed by atoms with Crippen LogP contribution in [-0.2, 0) is 14.8 Å². The van der Waals surface area contributed by atoms with Crippen molar-refractivity contribution in [3.8, 4) is 16.9 Å². The van der Waals surface area contributed by atoms with Crippen LogP contribution < -0.4 is 20.1 Å². The van der Waals surface area contributed by atoms with Gasteiger partial charge in [0, 0.05) is 38.1 Å². The van der Waals surface area contributed by atoms with E-state index in [4.69, 9.17) is 4.74 Å². The number of halogens is 4. The lowest BCUT2D eigenvalue weighted by Crippen LogP contribution is -2.57. The van der Waals surface area contributed by atoms with Gasteiger partial charge in [0.15, 0.2) is 0 Å². The summed E-state index contributed by atoms with van der Waals surface area (Å²) in [5.41, 5.74) is 2.48. The molecule has 8 nitrogen and oxygen atoms in total. The Kier molecular flexibility index (Phi) is 11.2. The Labute approximate surface area is 272 Å². The van der Waals surface area contributed by atoms with Gasteiger partial charge in [0.2, 0.25) is 15.9 Å². The van der Waals surface area contributed by atoms with Gasteiger partial charge in [-0.2, -0.15) is 13.2 Å². The molecular weight excluding hydrogens is 636 g/mol. The number of nitrogens with zero attached hydrogens (tertiary/aromatic N) is 1. The van der Waals surface area contributed by atoms with Crippen LogP contribution in [0.15, 0.2) is 77.7 Å². The van der Waals surface area contributed by atoms with Crippen molar-refractivity contribution < 1.29 is 35.5 Å². The van der Waals surface area contributed by atoms with Gasteiger partial charge in [-0.15, -0.1) is 0 Å². The number of carbonyl (C=O) groups is 1. The van der Waals surface area contributed by atoms with E-state index in [0.717, 1.165) is 16.7 Å². The van der Waals surface area contributed by atoms with Crippen LogP contribution in [0.2, 0.25) is 0 Å². The molecule has 3 aromatic carbocycles. The van der Waals surface area contributed by atoms with E-state index < -0.39 is 22.2 Å². The molecule has 2 aliphatic rings. The maximum Gasteiger partial charge on any atom is 0.405 e. The second-order valence-corrected chi connectivity index (χ2v) is 13.9. The van der Waals surface area contributed by atoms with Crippen molar-refractivity contribution in [1.82, 2.24) is 20.3 Å². The molecule has 2 atom stereocenters. The molecule has 1 aliphatic carbocycles. The Balaban J connectivity index is 1.06. The molecule has 5 rings (SSSR count). The monoisotopic (exact) mass is 676 g/mol. The van der Waals surface area contributed by atoms with Gasteiger partial charge < -0.3 is 15.4 Å². The van der Waals surface area contributed by atoms with Crippen LogP contribution >= 0.6 is 0 Å². The van der Waals surface area contributed by atoms with Crippen LogP contribution in [0.1, 0.15) is 44.2 Å². The minimum atomic E-state index is -4.27. The maximum absolute atomic E-state index is 13.2. The van der Waals surface area contributed by atoms with E-state index in [0.29, 0.717) is 44.5 Å². The van der Waals surface area contributed by atoms with E-state index in [2.05, 4.69) is 15.4 Å². The third-order valence-electron chi connectivity index (χ3n) is 8.83. The van der Waals surface area contributed by atoms with Crippen molar-refractivity contribution in [2.75, 3.05) is 32.8 Å². The highest BCUT2D eigenvalue weighted by molar-refractivity contribution is 7.89. The minimum Gasteiger partial charge on any atom is -0.492 e. The number of rotatable bonds is 11. The number of carbonyl (C=O) groups excluding carboxylic acids is 1. The summed E-state index contributed by atoms with van der Waals surface area (Å²) in [6.07, 6.45) is -2.08. The van der Waals surface area contributed by atoms with Gasteiger partial charge in [-0.25, -0.2) is 17.5 Å². The molecule has 1 saturated heterocycles. The molecular formula is C34H40F4N4O4S. The number of alkyl halides is 3.